The van der Waals surface area contributed by atoms with Crippen molar-refractivity contribution in [2.45, 2.75) is 6.54 Å². The first-order chi connectivity index (χ1) is 7.13. The molecule has 0 aliphatic carbocycles. The molecule has 0 fully saturated rings. The maximum Gasteiger partial charge on any atom is 0.322 e. The van der Waals surface area contributed by atoms with Crippen molar-refractivity contribution in [3.05, 3.63) is 11.9 Å². The first kappa shape index (κ1) is 11.1. The van der Waals surface area contributed by atoms with E-state index in [0.717, 1.165) is 0 Å². The average Bonchev–Trinajstić information content (AvgIpc) is 2.63. The Labute approximate surface area is 85.1 Å². The third-order valence-corrected chi connectivity index (χ3v) is 1.53. The number of nitrogens with two attached hydrogens (primary N) is 1. The largest absolute Gasteiger partial charge is 0.480 e. The van der Waals surface area contributed by atoms with Gasteiger partial charge in [-0.15, -0.1) is 5.10 Å². The van der Waals surface area contributed by atoms with Crippen LogP contribution < -0.4 is 11.1 Å². The molecule has 1 amide bonds. The number of rotatable bonds is 5. The lowest BCUT2D eigenvalue weighted by Gasteiger charge is -1.96. The normalized spacial score (nSPS) is 9.93. The maximum atomic E-state index is 11.2. The molecule has 4 N–H and O–H groups in total. The van der Waals surface area contributed by atoms with Gasteiger partial charge >= 0.3 is 5.97 Å². The van der Waals surface area contributed by atoms with E-state index in [9.17, 15) is 9.59 Å². The number of nitrogens with zero attached hydrogens (tertiary/aromatic N) is 3. The van der Waals surface area contributed by atoms with Gasteiger partial charge in [-0.05, 0) is 0 Å². The molecule has 1 aromatic heterocycles. The zero-order chi connectivity index (χ0) is 11.3. The highest BCUT2D eigenvalue weighted by Gasteiger charge is 2.10. The second-order valence-corrected chi connectivity index (χ2v) is 2.73. The summed E-state index contributed by atoms with van der Waals surface area (Å²) in [5, 5.41) is 17.7. The van der Waals surface area contributed by atoms with Crippen LogP contribution in [-0.2, 0) is 11.3 Å². The lowest BCUT2D eigenvalue weighted by molar-refractivity contribution is -0.135. The lowest BCUT2D eigenvalue weighted by Crippen LogP contribution is -2.29. The Morgan fingerprint density at radius 2 is 2.33 bits per heavy atom. The number of carboxylic acid groups (broad SMARTS) is 1. The van der Waals surface area contributed by atoms with Gasteiger partial charge < -0.3 is 16.2 Å². The van der Waals surface area contributed by atoms with Crippen molar-refractivity contribution < 1.29 is 14.7 Å². The number of hydrogen-bond donors (Lipinski definition) is 3. The topological polar surface area (TPSA) is 123 Å². The summed E-state index contributed by atoms with van der Waals surface area (Å²) in [5.74, 6) is -1.68. The average molecular weight is 213 g/mol. The number of carbonyl (C=O) groups excluding carboxylic acids is 1. The third kappa shape index (κ3) is 3.35. The lowest BCUT2D eigenvalue weighted by atomic mass is 10.4. The van der Waals surface area contributed by atoms with Crippen LogP contribution in [0.15, 0.2) is 6.20 Å². The molecule has 0 atom stereocenters. The predicted octanol–water partition coefficient (Wildman–Crippen LogP) is -1.95. The van der Waals surface area contributed by atoms with Gasteiger partial charge in [0.2, 0.25) is 0 Å². The van der Waals surface area contributed by atoms with Gasteiger partial charge in [0, 0.05) is 6.54 Å². The minimum absolute atomic E-state index is 0.0738. The molecular formula is C7H11N5O3. The quantitative estimate of drug-likeness (QED) is 0.522. The predicted molar refractivity (Wildman–Crippen MR) is 49.0 cm³/mol. The fourth-order valence-electron chi connectivity index (χ4n) is 0.890. The highest BCUT2D eigenvalue weighted by molar-refractivity contribution is 5.93. The van der Waals surface area contributed by atoms with E-state index in [0.29, 0.717) is 13.1 Å². The summed E-state index contributed by atoms with van der Waals surface area (Å²) in [6.07, 6.45) is 1.41. The van der Waals surface area contributed by atoms with Gasteiger partial charge in [0.15, 0.2) is 5.69 Å². The Balaban J connectivity index is 2.54. The summed E-state index contributed by atoms with van der Waals surface area (Å²) in [6.45, 7) is 0.404. The molecule has 8 heteroatoms. The van der Waals surface area contributed by atoms with E-state index in [1.807, 2.05) is 0 Å². The Morgan fingerprint density at radius 1 is 1.60 bits per heavy atom. The SMILES string of the molecule is NCCn1cc(C(=O)NCC(=O)O)nn1. The van der Waals surface area contributed by atoms with Gasteiger partial charge in [-0.2, -0.15) is 0 Å². The smallest absolute Gasteiger partial charge is 0.322 e. The molecule has 0 saturated carbocycles. The second-order valence-electron chi connectivity index (χ2n) is 2.73. The highest BCUT2D eigenvalue weighted by Crippen LogP contribution is 1.92. The van der Waals surface area contributed by atoms with E-state index < -0.39 is 18.4 Å². The molecule has 0 bridgehead atoms. The van der Waals surface area contributed by atoms with Gasteiger partial charge in [0.25, 0.3) is 5.91 Å². The Kier molecular flexibility index (Phi) is 3.75. The molecular weight excluding hydrogens is 202 g/mol. The molecule has 15 heavy (non-hydrogen) atoms. The van der Waals surface area contributed by atoms with Crippen LogP contribution in [-0.4, -0.2) is 45.1 Å². The maximum absolute atomic E-state index is 11.2. The molecule has 1 heterocycles. The van der Waals surface area contributed by atoms with Crippen molar-refractivity contribution in [3.8, 4) is 0 Å². The Hall–Kier alpha value is -1.96. The van der Waals surface area contributed by atoms with Crippen molar-refractivity contribution in [1.29, 1.82) is 0 Å². The monoisotopic (exact) mass is 213 g/mol. The minimum Gasteiger partial charge on any atom is -0.480 e. The second kappa shape index (κ2) is 5.05. The van der Waals surface area contributed by atoms with Crippen LogP contribution in [0, 0.1) is 0 Å². The zero-order valence-electron chi connectivity index (χ0n) is 7.88. The molecule has 1 rings (SSSR count). The van der Waals surface area contributed by atoms with E-state index in [4.69, 9.17) is 10.8 Å². The van der Waals surface area contributed by atoms with E-state index in [1.54, 1.807) is 0 Å². The third-order valence-electron chi connectivity index (χ3n) is 1.53. The first-order valence-corrected chi connectivity index (χ1v) is 4.23. The van der Waals surface area contributed by atoms with Gasteiger partial charge in [0.05, 0.1) is 12.7 Å². The highest BCUT2D eigenvalue weighted by atomic mass is 16.4. The van der Waals surface area contributed by atoms with E-state index >= 15 is 0 Å². The van der Waals surface area contributed by atoms with Gasteiger partial charge in [-0.3, -0.25) is 14.3 Å². The number of carbonyl (C=O) groups is 2. The Bertz CT molecular complexity index is 361. The van der Waals surface area contributed by atoms with Crippen molar-refractivity contribution in [2.24, 2.45) is 5.73 Å². The molecule has 1 aromatic rings. The molecule has 82 valence electrons. The molecule has 0 spiro atoms. The number of aliphatic carboxylic acids is 1. The summed E-state index contributed by atoms with van der Waals surface area (Å²) in [5.41, 5.74) is 5.35. The summed E-state index contributed by atoms with van der Waals surface area (Å²) < 4.78 is 1.41. The zero-order valence-corrected chi connectivity index (χ0v) is 7.88. The molecule has 0 unspecified atom stereocenters. The van der Waals surface area contributed by atoms with Crippen LogP contribution in [0.2, 0.25) is 0 Å². The van der Waals surface area contributed by atoms with Crippen molar-refractivity contribution in [1.82, 2.24) is 20.3 Å². The molecule has 0 aliphatic heterocycles. The van der Waals surface area contributed by atoms with Gasteiger partial charge in [-0.1, -0.05) is 5.21 Å². The number of nitrogens with one attached hydrogen (secondary N) is 1. The van der Waals surface area contributed by atoms with Crippen molar-refractivity contribution in [3.63, 3.8) is 0 Å². The van der Waals surface area contributed by atoms with Crippen molar-refractivity contribution in [2.75, 3.05) is 13.1 Å². The van der Waals surface area contributed by atoms with E-state index in [1.165, 1.54) is 10.9 Å². The van der Waals surface area contributed by atoms with Crippen LogP contribution in [0.4, 0.5) is 0 Å². The first-order valence-electron chi connectivity index (χ1n) is 4.23. The number of carboxylic acids is 1. The van der Waals surface area contributed by atoms with Crippen LogP contribution in [0.25, 0.3) is 0 Å². The van der Waals surface area contributed by atoms with Crippen molar-refractivity contribution >= 4 is 11.9 Å². The van der Waals surface area contributed by atoms with E-state index in [2.05, 4.69) is 15.6 Å². The standard InChI is InChI=1S/C7H11N5O3/c8-1-2-12-4-5(10-11-12)7(15)9-3-6(13)14/h4H,1-3,8H2,(H,9,15)(H,13,14). The molecule has 0 radical (unpaired) electrons. The Morgan fingerprint density at radius 3 is 2.93 bits per heavy atom. The number of hydrogen-bond acceptors (Lipinski definition) is 5. The molecule has 8 nitrogen and oxygen atoms in total. The number of amides is 1. The van der Waals surface area contributed by atoms with Crippen LogP contribution in [0.5, 0.6) is 0 Å². The van der Waals surface area contributed by atoms with E-state index in [-0.39, 0.29) is 5.69 Å². The fourth-order valence-corrected chi connectivity index (χ4v) is 0.890. The summed E-state index contributed by atoms with van der Waals surface area (Å²) in [4.78, 5) is 21.4. The number of aromatic nitrogens is 3. The minimum atomic E-state index is -1.11. The molecule has 0 aliphatic rings. The molecule has 0 saturated heterocycles. The summed E-state index contributed by atoms with van der Waals surface area (Å²) >= 11 is 0. The van der Waals surface area contributed by atoms with Crippen LogP contribution >= 0.6 is 0 Å². The summed E-state index contributed by atoms with van der Waals surface area (Å²) in [6, 6.07) is 0. The molecule has 0 aromatic carbocycles. The fraction of sp³-hybridized carbons (Fsp3) is 0.429. The van der Waals surface area contributed by atoms with Crippen LogP contribution in [0.1, 0.15) is 10.5 Å². The van der Waals surface area contributed by atoms with Gasteiger partial charge in [0.1, 0.15) is 6.54 Å². The summed E-state index contributed by atoms with van der Waals surface area (Å²) in [7, 11) is 0. The van der Waals surface area contributed by atoms with Crippen LogP contribution in [0.3, 0.4) is 0 Å². The van der Waals surface area contributed by atoms with Gasteiger partial charge in [-0.25, -0.2) is 0 Å².